The molecule has 2 aromatic rings. The molecule has 2 aromatic carbocycles. The van der Waals surface area contributed by atoms with Crippen molar-refractivity contribution in [2.45, 2.75) is 24.9 Å². The lowest BCUT2D eigenvalue weighted by molar-refractivity contribution is -0.141. The second kappa shape index (κ2) is 6.40. The van der Waals surface area contributed by atoms with Crippen LogP contribution in [-0.2, 0) is 17.6 Å². The number of hydrogen-bond donors (Lipinski definition) is 4. The first-order valence-electron chi connectivity index (χ1n) is 8.97. The molecule has 4 rings (SSSR count). The van der Waals surface area contributed by atoms with Gasteiger partial charge in [0, 0.05) is 23.1 Å². The summed E-state index contributed by atoms with van der Waals surface area (Å²) < 4.78 is 5.18. The maximum Gasteiger partial charge on any atom is 0.202 e. The number of aliphatic hydroxyl groups excluding tert-OH is 1. The molecular weight excluding hydrogens is 380 g/mol. The van der Waals surface area contributed by atoms with E-state index in [1.165, 1.54) is 25.3 Å². The molecule has 2 aliphatic carbocycles. The van der Waals surface area contributed by atoms with Gasteiger partial charge in [-0.25, -0.2) is 0 Å². The molecule has 150 valence electrons. The quantitative estimate of drug-likeness (QED) is 0.472. The molecule has 29 heavy (non-hydrogen) atoms. The molecule has 0 heterocycles. The highest BCUT2D eigenvalue weighted by Crippen LogP contribution is 2.48. The van der Waals surface area contributed by atoms with Gasteiger partial charge in [0.1, 0.15) is 29.5 Å². The average Bonchev–Trinajstić information content (AvgIpc) is 2.73. The van der Waals surface area contributed by atoms with E-state index >= 15 is 0 Å². The minimum Gasteiger partial charge on any atom is -0.507 e. The largest absolute Gasteiger partial charge is 0.507 e. The molecule has 8 heteroatoms. The van der Waals surface area contributed by atoms with Gasteiger partial charge in [-0.15, -0.1) is 0 Å². The van der Waals surface area contributed by atoms with E-state index in [9.17, 15) is 29.7 Å². The maximum absolute atomic E-state index is 13.1. The lowest BCUT2D eigenvalue weighted by Gasteiger charge is -2.34. The molecule has 0 aliphatic heterocycles. The molecule has 1 atom stereocenters. The third-order valence-electron chi connectivity index (χ3n) is 5.75. The van der Waals surface area contributed by atoms with E-state index in [1.807, 2.05) is 0 Å². The van der Waals surface area contributed by atoms with Crippen molar-refractivity contribution < 1.29 is 39.5 Å². The monoisotopic (exact) mass is 398 g/mol. The number of fused-ring (bicyclic) bond motifs is 3. The van der Waals surface area contributed by atoms with Gasteiger partial charge in [0.2, 0.25) is 5.78 Å². The fourth-order valence-corrected chi connectivity index (χ4v) is 4.21. The molecule has 4 N–H and O–H groups in total. The zero-order chi connectivity index (χ0) is 21.1. The van der Waals surface area contributed by atoms with Crippen LogP contribution in [0.25, 0.3) is 0 Å². The van der Waals surface area contributed by atoms with Crippen LogP contribution in [0.1, 0.15) is 49.4 Å². The number of methoxy groups -OCH3 is 1. The Bertz CT molecular complexity index is 1100. The molecule has 0 spiro atoms. The zero-order valence-electron chi connectivity index (χ0n) is 15.5. The third-order valence-corrected chi connectivity index (χ3v) is 5.75. The number of carbonyl (C=O) groups is 3. The summed E-state index contributed by atoms with van der Waals surface area (Å²) in [5.74, 6) is -2.99. The minimum absolute atomic E-state index is 0.00456. The topological polar surface area (TPSA) is 141 Å². The van der Waals surface area contributed by atoms with Crippen LogP contribution >= 0.6 is 0 Å². The Morgan fingerprint density at radius 1 is 1.07 bits per heavy atom. The number of rotatable bonds is 3. The lowest BCUT2D eigenvalue weighted by atomic mass is 9.73. The summed E-state index contributed by atoms with van der Waals surface area (Å²) in [6, 6.07) is 4.47. The van der Waals surface area contributed by atoms with Gasteiger partial charge in [-0.1, -0.05) is 12.1 Å². The van der Waals surface area contributed by atoms with Crippen molar-refractivity contribution in [3.63, 3.8) is 0 Å². The van der Waals surface area contributed by atoms with Crippen molar-refractivity contribution >= 4 is 17.3 Å². The predicted octanol–water partition coefficient (Wildman–Crippen LogP) is 0.663. The highest BCUT2D eigenvalue weighted by atomic mass is 16.5. The number of hydrogen-bond acceptors (Lipinski definition) is 8. The molecule has 0 unspecified atom stereocenters. The van der Waals surface area contributed by atoms with Crippen LogP contribution < -0.4 is 4.74 Å². The summed E-state index contributed by atoms with van der Waals surface area (Å²) in [4.78, 5) is 38.2. The molecule has 2 aliphatic rings. The first kappa shape index (κ1) is 19.1. The van der Waals surface area contributed by atoms with Gasteiger partial charge in [-0.3, -0.25) is 14.4 Å². The average molecular weight is 398 g/mol. The van der Waals surface area contributed by atoms with Gasteiger partial charge in [0.15, 0.2) is 11.6 Å². The smallest absolute Gasteiger partial charge is 0.202 e. The number of aliphatic hydroxyl groups is 2. The van der Waals surface area contributed by atoms with Gasteiger partial charge in [0.05, 0.1) is 23.8 Å². The van der Waals surface area contributed by atoms with Crippen molar-refractivity contribution in [3.8, 4) is 17.2 Å². The van der Waals surface area contributed by atoms with E-state index in [4.69, 9.17) is 9.84 Å². The van der Waals surface area contributed by atoms with E-state index in [0.29, 0.717) is 0 Å². The van der Waals surface area contributed by atoms with E-state index < -0.39 is 41.1 Å². The Morgan fingerprint density at radius 3 is 2.38 bits per heavy atom. The summed E-state index contributed by atoms with van der Waals surface area (Å²) in [6.45, 7) is -0.881. The van der Waals surface area contributed by atoms with Crippen LogP contribution in [0.3, 0.4) is 0 Å². The molecule has 0 radical (unpaired) electrons. The number of phenolic OH excluding ortho intramolecular Hbond substituents is 2. The van der Waals surface area contributed by atoms with Gasteiger partial charge in [0.25, 0.3) is 0 Å². The lowest BCUT2D eigenvalue weighted by Crippen LogP contribution is -2.45. The second-order valence-electron chi connectivity index (χ2n) is 7.24. The Kier molecular flexibility index (Phi) is 4.21. The number of ketones is 3. The summed E-state index contributed by atoms with van der Waals surface area (Å²) in [5, 5.41) is 41.3. The maximum atomic E-state index is 13.1. The molecule has 0 amide bonds. The molecule has 0 saturated heterocycles. The number of carbonyl (C=O) groups excluding carboxylic acids is 3. The highest BCUT2D eigenvalue weighted by Gasteiger charge is 2.45. The first-order valence-corrected chi connectivity index (χ1v) is 8.97. The molecule has 0 bridgehead atoms. The number of benzene rings is 2. The normalized spacial score (nSPS) is 20.0. The summed E-state index contributed by atoms with van der Waals surface area (Å²) in [5.41, 5.74) is -2.38. The Balaban J connectivity index is 1.97. The van der Waals surface area contributed by atoms with Gasteiger partial charge in [-0.2, -0.15) is 0 Å². The highest BCUT2D eigenvalue weighted by molar-refractivity contribution is 6.31. The summed E-state index contributed by atoms with van der Waals surface area (Å²) >= 11 is 0. The second-order valence-corrected chi connectivity index (χ2v) is 7.24. The van der Waals surface area contributed by atoms with Crippen LogP contribution in [-0.4, -0.2) is 57.1 Å². The van der Waals surface area contributed by atoms with Crippen molar-refractivity contribution in [3.05, 3.63) is 51.6 Å². The molecular formula is C21H18O8. The number of aromatic hydroxyl groups is 2. The predicted molar refractivity (Wildman–Crippen MR) is 98.7 cm³/mol. The van der Waals surface area contributed by atoms with Crippen molar-refractivity contribution in [1.82, 2.24) is 0 Å². The van der Waals surface area contributed by atoms with Crippen LogP contribution in [0, 0.1) is 0 Å². The van der Waals surface area contributed by atoms with Crippen molar-refractivity contribution in [2.75, 3.05) is 13.7 Å². The Morgan fingerprint density at radius 2 is 1.72 bits per heavy atom. The van der Waals surface area contributed by atoms with E-state index in [-0.39, 0.29) is 58.4 Å². The number of phenols is 2. The Hall–Kier alpha value is -3.23. The molecule has 0 fully saturated rings. The van der Waals surface area contributed by atoms with Crippen LogP contribution in [0.4, 0.5) is 0 Å². The minimum atomic E-state index is -1.93. The number of Topliss-reactive ketones (excluding diaryl/α,β-unsaturated/α-hetero) is 1. The first-order chi connectivity index (χ1) is 13.7. The summed E-state index contributed by atoms with van der Waals surface area (Å²) in [7, 11) is 1.35. The Labute approximate surface area is 165 Å². The fraction of sp³-hybridized carbons (Fsp3) is 0.286. The van der Waals surface area contributed by atoms with E-state index in [1.54, 1.807) is 0 Å². The fourth-order valence-electron chi connectivity index (χ4n) is 4.21. The van der Waals surface area contributed by atoms with E-state index in [2.05, 4.69) is 0 Å². The standard InChI is InChI=1S/C21H18O8/c1-29-12-4-2-3-10-14(12)20(27)16-15(18(10)25)19(26)11-7-21(28,13(23)8-22)6-5-9(11)17(16)24/h2-4,22,24,26,28H,5-8H2,1H3/t21-/m1/s1. The SMILES string of the molecule is COc1cccc2c1C(=O)c1c(O)c3c(c(O)c1C2=O)C[C@@](O)(C(=O)CO)CC3. The van der Waals surface area contributed by atoms with Gasteiger partial charge >= 0.3 is 0 Å². The van der Waals surface area contributed by atoms with Crippen molar-refractivity contribution in [2.24, 2.45) is 0 Å². The molecule has 0 saturated carbocycles. The van der Waals surface area contributed by atoms with E-state index in [0.717, 1.165) is 0 Å². The summed E-state index contributed by atoms with van der Waals surface area (Å²) in [6.07, 6.45) is -0.515. The van der Waals surface area contributed by atoms with Crippen LogP contribution in [0.15, 0.2) is 18.2 Å². The molecule has 0 aromatic heterocycles. The van der Waals surface area contributed by atoms with Crippen molar-refractivity contribution in [1.29, 1.82) is 0 Å². The van der Waals surface area contributed by atoms with Crippen LogP contribution in [0.5, 0.6) is 17.2 Å². The van der Waals surface area contributed by atoms with Gasteiger partial charge < -0.3 is 25.2 Å². The zero-order valence-corrected chi connectivity index (χ0v) is 15.5. The molecule has 8 nitrogen and oxygen atoms in total. The third kappa shape index (κ3) is 2.49. The van der Waals surface area contributed by atoms with Crippen LogP contribution in [0.2, 0.25) is 0 Å². The van der Waals surface area contributed by atoms with Gasteiger partial charge in [-0.05, 0) is 18.9 Å². The number of ether oxygens (including phenoxy) is 1.